The summed E-state index contributed by atoms with van der Waals surface area (Å²) in [5, 5.41) is 5.47. The van der Waals surface area contributed by atoms with E-state index in [1.807, 2.05) is 41.3 Å². The highest BCUT2D eigenvalue weighted by Gasteiger charge is 2.21. The minimum Gasteiger partial charge on any atom is -0.335 e. The molecule has 170 valence electrons. The van der Waals surface area contributed by atoms with Crippen LogP contribution in [-0.4, -0.2) is 32.9 Å². The number of hydrogen-bond donors (Lipinski definition) is 1. The maximum atomic E-state index is 13.2. The number of nitrogens with one attached hydrogen (secondary N) is 1. The van der Waals surface area contributed by atoms with Gasteiger partial charge in [-0.05, 0) is 18.4 Å². The van der Waals surface area contributed by atoms with Crippen LogP contribution < -0.4 is 5.32 Å². The van der Waals surface area contributed by atoms with E-state index >= 15 is 0 Å². The Kier molecular flexibility index (Phi) is 6.72. The second-order valence-electron chi connectivity index (χ2n) is 8.81. The Labute approximate surface area is 199 Å². The highest BCUT2D eigenvalue weighted by atomic mass is 32.1. The molecule has 2 aromatic carbocycles. The van der Waals surface area contributed by atoms with Crippen LogP contribution in [0.3, 0.4) is 0 Å². The number of aromatic nitrogens is 2. The molecule has 2 amide bonds. The number of carbonyl (C=O) groups is 1. The largest absolute Gasteiger partial charge is 0.335 e. The first-order valence-corrected chi connectivity index (χ1v) is 12.7. The second-order valence-corrected chi connectivity index (χ2v) is 9.65. The summed E-state index contributed by atoms with van der Waals surface area (Å²) in [5.74, 6) is 0. The van der Waals surface area contributed by atoms with Crippen LogP contribution in [0.25, 0.3) is 16.2 Å². The van der Waals surface area contributed by atoms with E-state index in [1.54, 1.807) is 11.3 Å². The van der Waals surface area contributed by atoms with Crippen molar-refractivity contribution in [2.24, 2.45) is 0 Å². The van der Waals surface area contributed by atoms with Gasteiger partial charge >= 0.3 is 6.03 Å². The van der Waals surface area contributed by atoms with Gasteiger partial charge in [-0.1, -0.05) is 79.9 Å². The van der Waals surface area contributed by atoms with Crippen LogP contribution in [0, 0.1) is 0 Å². The van der Waals surface area contributed by atoms with E-state index in [0.29, 0.717) is 19.1 Å². The first kappa shape index (κ1) is 21.7. The van der Waals surface area contributed by atoms with Crippen molar-refractivity contribution in [1.82, 2.24) is 19.6 Å². The number of hydrogen-bond acceptors (Lipinski definition) is 3. The molecule has 1 fully saturated rings. The summed E-state index contributed by atoms with van der Waals surface area (Å²) in [6.45, 7) is 1.28. The van der Waals surface area contributed by atoms with E-state index in [4.69, 9.17) is 4.98 Å². The fraction of sp³-hybridized carbons (Fsp3) is 0.333. The smallest absolute Gasteiger partial charge is 0.317 e. The molecule has 1 saturated carbocycles. The maximum Gasteiger partial charge on any atom is 0.317 e. The Balaban J connectivity index is 1.31. The van der Waals surface area contributed by atoms with Gasteiger partial charge in [0.2, 0.25) is 0 Å². The third-order valence-electron chi connectivity index (χ3n) is 6.43. The van der Waals surface area contributed by atoms with Gasteiger partial charge in [0.05, 0.1) is 5.69 Å². The summed E-state index contributed by atoms with van der Waals surface area (Å²) in [5.41, 5.74) is 4.45. The van der Waals surface area contributed by atoms with Gasteiger partial charge < -0.3 is 10.2 Å². The summed E-state index contributed by atoms with van der Waals surface area (Å²) in [4.78, 5) is 21.0. The van der Waals surface area contributed by atoms with Gasteiger partial charge in [-0.3, -0.25) is 4.40 Å². The van der Waals surface area contributed by atoms with Crippen LogP contribution >= 0.6 is 11.3 Å². The van der Waals surface area contributed by atoms with Crippen LogP contribution in [0.5, 0.6) is 0 Å². The molecular weight excluding hydrogens is 428 g/mol. The molecule has 0 atom stereocenters. The topological polar surface area (TPSA) is 49.6 Å². The highest BCUT2D eigenvalue weighted by Crippen LogP contribution is 2.24. The normalized spacial score (nSPS) is 14.4. The van der Waals surface area contributed by atoms with Crippen molar-refractivity contribution in [2.45, 2.75) is 51.1 Å². The number of thiazole rings is 1. The van der Waals surface area contributed by atoms with E-state index in [-0.39, 0.29) is 6.03 Å². The number of imidazole rings is 1. The third-order valence-corrected chi connectivity index (χ3v) is 7.32. The predicted octanol–water partition coefficient (Wildman–Crippen LogP) is 6.15. The molecule has 6 heteroatoms. The van der Waals surface area contributed by atoms with Gasteiger partial charge in [-0.2, -0.15) is 0 Å². The first-order valence-electron chi connectivity index (χ1n) is 11.9. The van der Waals surface area contributed by atoms with Crippen LogP contribution in [0.2, 0.25) is 0 Å². The monoisotopic (exact) mass is 458 g/mol. The van der Waals surface area contributed by atoms with Crippen LogP contribution in [-0.2, 0) is 13.0 Å². The van der Waals surface area contributed by atoms with Crippen molar-refractivity contribution in [2.75, 3.05) is 6.54 Å². The fourth-order valence-corrected chi connectivity index (χ4v) is 5.48. The predicted molar refractivity (Wildman–Crippen MR) is 134 cm³/mol. The Bertz CT molecular complexity index is 1180. The zero-order valence-electron chi connectivity index (χ0n) is 18.8. The Hall–Kier alpha value is -3.12. The number of amides is 2. The van der Waals surface area contributed by atoms with Crippen LogP contribution in [0.4, 0.5) is 4.79 Å². The molecule has 0 radical (unpaired) electrons. The molecular formula is C27H30N4OS. The summed E-state index contributed by atoms with van der Waals surface area (Å²) >= 11 is 1.65. The highest BCUT2D eigenvalue weighted by molar-refractivity contribution is 7.15. The molecule has 5 nitrogen and oxygen atoms in total. The molecule has 2 heterocycles. The fourth-order valence-electron chi connectivity index (χ4n) is 4.58. The number of fused-ring (bicyclic) bond motifs is 1. The molecule has 2 aromatic heterocycles. The molecule has 5 rings (SSSR count). The zero-order chi connectivity index (χ0) is 22.5. The van der Waals surface area contributed by atoms with E-state index in [1.165, 1.54) is 25.0 Å². The average molecular weight is 459 g/mol. The quantitative estimate of drug-likeness (QED) is 0.361. The molecule has 1 N–H and O–H groups in total. The molecule has 0 aliphatic heterocycles. The van der Waals surface area contributed by atoms with E-state index in [0.717, 1.165) is 41.0 Å². The molecule has 0 bridgehead atoms. The minimum absolute atomic E-state index is 0.0489. The Morgan fingerprint density at radius 3 is 2.52 bits per heavy atom. The van der Waals surface area contributed by atoms with Gasteiger partial charge in [0.15, 0.2) is 4.96 Å². The number of rotatable bonds is 7. The van der Waals surface area contributed by atoms with Gasteiger partial charge in [0, 0.05) is 48.4 Å². The maximum absolute atomic E-state index is 13.2. The number of carbonyl (C=O) groups excluding carboxylic acids is 1. The molecule has 33 heavy (non-hydrogen) atoms. The standard InChI is InChI=1S/C27H30N4OS/c32-26(28-23-14-8-3-9-15-23)30(18-21-10-4-1-5-11-21)17-16-24-20-33-27-29-25(19-31(24)27)22-12-6-2-7-13-22/h1-2,4-7,10-13,19-20,23H,3,8-9,14-18H2,(H,28,32). The Morgan fingerprint density at radius 1 is 1.03 bits per heavy atom. The lowest BCUT2D eigenvalue weighted by Crippen LogP contribution is -2.45. The van der Waals surface area contributed by atoms with Gasteiger partial charge in [0.25, 0.3) is 0 Å². The van der Waals surface area contributed by atoms with E-state index in [9.17, 15) is 4.79 Å². The van der Waals surface area contributed by atoms with E-state index in [2.05, 4.69) is 45.6 Å². The lowest BCUT2D eigenvalue weighted by atomic mass is 9.96. The van der Waals surface area contributed by atoms with Crippen molar-refractivity contribution in [1.29, 1.82) is 0 Å². The second kappa shape index (κ2) is 10.2. The number of benzene rings is 2. The first-order chi connectivity index (χ1) is 16.3. The molecule has 4 aromatic rings. The average Bonchev–Trinajstić information content (AvgIpc) is 3.45. The summed E-state index contributed by atoms with van der Waals surface area (Å²) in [7, 11) is 0. The summed E-state index contributed by atoms with van der Waals surface area (Å²) in [6.07, 6.45) is 8.78. The molecule has 1 aliphatic carbocycles. The minimum atomic E-state index is 0.0489. The van der Waals surface area contributed by atoms with Gasteiger partial charge in [-0.15, -0.1) is 11.3 Å². The lowest BCUT2D eigenvalue weighted by molar-refractivity contribution is 0.187. The molecule has 0 spiro atoms. The summed E-state index contributed by atoms with van der Waals surface area (Å²) < 4.78 is 2.17. The van der Waals surface area contributed by atoms with Gasteiger partial charge in [-0.25, -0.2) is 9.78 Å². The molecule has 0 unspecified atom stereocenters. The van der Waals surface area contributed by atoms with Crippen molar-refractivity contribution < 1.29 is 4.79 Å². The molecule has 1 aliphatic rings. The van der Waals surface area contributed by atoms with Gasteiger partial charge in [0.1, 0.15) is 0 Å². The van der Waals surface area contributed by atoms with Crippen molar-refractivity contribution in [3.63, 3.8) is 0 Å². The third kappa shape index (κ3) is 5.28. The zero-order valence-corrected chi connectivity index (χ0v) is 19.6. The Morgan fingerprint density at radius 2 is 1.76 bits per heavy atom. The van der Waals surface area contributed by atoms with Crippen LogP contribution in [0.1, 0.15) is 43.4 Å². The van der Waals surface area contributed by atoms with E-state index < -0.39 is 0 Å². The number of nitrogens with zero attached hydrogens (tertiary/aromatic N) is 3. The van der Waals surface area contributed by atoms with Crippen molar-refractivity contribution in [3.8, 4) is 11.3 Å². The molecule has 0 saturated heterocycles. The summed E-state index contributed by atoms with van der Waals surface area (Å²) in [6, 6.07) is 20.9. The SMILES string of the molecule is O=C(NC1CCCCC1)N(CCc1csc2nc(-c3ccccc3)cn12)Cc1ccccc1. The van der Waals surface area contributed by atoms with Crippen molar-refractivity contribution in [3.05, 3.63) is 83.5 Å². The number of urea groups is 1. The van der Waals surface area contributed by atoms with Crippen molar-refractivity contribution >= 4 is 22.3 Å². The lowest BCUT2D eigenvalue weighted by Gasteiger charge is -2.28. The van der Waals surface area contributed by atoms with Crippen LogP contribution in [0.15, 0.2) is 72.2 Å².